The van der Waals surface area contributed by atoms with E-state index in [4.69, 9.17) is 15.2 Å². The smallest absolute Gasteiger partial charge is 0.0939 e. The van der Waals surface area contributed by atoms with Crippen LogP contribution in [-0.2, 0) is 9.47 Å². The second kappa shape index (κ2) is 5.04. The van der Waals surface area contributed by atoms with Crippen molar-refractivity contribution in [2.45, 2.75) is 30.9 Å². The van der Waals surface area contributed by atoms with Crippen LogP contribution in [0.2, 0.25) is 0 Å². The maximum absolute atomic E-state index is 6.19. The van der Waals surface area contributed by atoms with Crippen molar-refractivity contribution < 1.29 is 9.47 Å². The molecule has 2 heterocycles. The molecule has 3 nitrogen and oxygen atoms in total. The molecule has 1 spiro atoms. The highest BCUT2D eigenvalue weighted by atomic mass is 32.2. The van der Waals surface area contributed by atoms with Gasteiger partial charge in [0, 0.05) is 31.4 Å². The van der Waals surface area contributed by atoms with E-state index in [0.29, 0.717) is 12.0 Å². The van der Waals surface area contributed by atoms with E-state index in [2.05, 4.69) is 6.26 Å². The summed E-state index contributed by atoms with van der Waals surface area (Å²) < 4.78 is 11.4. The predicted octanol–water partition coefficient (Wildman–Crippen LogP) is 1.26. The first-order chi connectivity index (χ1) is 7.26. The van der Waals surface area contributed by atoms with Crippen molar-refractivity contribution in [3.8, 4) is 0 Å². The van der Waals surface area contributed by atoms with Gasteiger partial charge in [-0.3, -0.25) is 0 Å². The second-order valence-electron chi connectivity index (χ2n) is 4.71. The van der Waals surface area contributed by atoms with Gasteiger partial charge in [-0.05, 0) is 25.0 Å². The van der Waals surface area contributed by atoms with Crippen molar-refractivity contribution in [2.75, 3.05) is 31.8 Å². The van der Waals surface area contributed by atoms with Crippen molar-refractivity contribution in [2.24, 2.45) is 11.7 Å². The van der Waals surface area contributed by atoms with Crippen molar-refractivity contribution >= 4 is 11.8 Å². The van der Waals surface area contributed by atoms with Crippen LogP contribution in [0.4, 0.5) is 0 Å². The number of rotatable bonds is 3. The lowest BCUT2D eigenvalue weighted by Crippen LogP contribution is -2.46. The van der Waals surface area contributed by atoms with Crippen LogP contribution in [0.3, 0.4) is 0 Å². The molecular weight excluding hydrogens is 210 g/mol. The summed E-state index contributed by atoms with van der Waals surface area (Å²) >= 11 is 1.84. The Kier molecular flexibility index (Phi) is 3.93. The molecule has 0 aliphatic carbocycles. The summed E-state index contributed by atoms with van der Waals surface area (Å²) in [6.45, 7) is 2.48. The van der Waals surface area contributed by atoms with Crippen molar-refractivity contribution in [1.29, 1.82) is 0 Å². The van der Waals surface area contributed by atoms with Crippen LogP contribution in [0.1, 0.15) is 19.3 Å². The second-order valence-corrected chi connectivity index (χ2v) is 5.62. The van der Waals surface area contributed by atoms with E-state index in [1.165, 1.54) is 0 Å². The molecule has 2 saturated heterocycles. The number of nitrogens with two attached hydrogens (primary N) is 1. The van der Waals surface area contributed by atoms with Gasteiger partial charge in [0.05, 0.1) is 12.2 Å². The summed E-state index contributed by atoms with van der Waals surface area (Å²) in [6, 6.07) is 0.321. The molecule has 2 N–H and O–H groups in total. The first-order valence-corrected chi connectivity index (χ1v) is 7.11. The molecule has 0 aromatic heterocycles. The number of thioether (sulfide) groups is 1. The zero-order valence-electron chi connectivity index (χ0n) is 9.41. The Labute approximate surface area is 96.1 Å². The average Bonchev–Trinajstić information content (AvgIpc) is 2.67. The molecule has 0 amide bonds. The molecule has 3 unspecified atom stereocenters. The van der Waals surface area contributed by atoms with Gasteiger partial charge < -0.3 is 15.2 Å². The van der Waals surface area contributed by atoms with Crippen LogP contribution in [0, 0.1) is 5.92 Å². The zero-order valence-corrected chi connectivity index (χ0v) is 10.2. The molecular formula is C11H21NO2S. The molecule has 0 radical (unpaired) electrons. The maximum atomic E-state index is 6.19. The Morgan fingerprint density at radius 1 is 1.53 bits per heavy atom. The minimum absolute atomic E-state index is 0.0128. The van der Waals surface area contributed by atoms with Crippen molar-refractivity contribution in [3.63, 3.8) is 0 Å². The Hall–Kier alpha value is 0.230. The molecule has 2 aliphatic heterocycles. The van der Waals surface area contributed by atoms with Crippen molar-refractivity contribution in [3.05, 3.63) is 0 Å². The molecule has 88 valence electrons. The van der Waals surface area contributed by atoms with Gasteiger partial charge in [-0.2, -0.15) is 11.8 Å². The molecule has 0 aromatic rings. The third-order valence-electron chi connectivity index (χ3n) is 3.56. The van der Waals surface area contributed by atoms with E-state index in [0.717, 1.165) is 44.8 Å². The van der Waals surface area contributed by atoms with Crippen LogP contribution in [0.25, 0.3) is 0 Å². The highest BCUT2D eigenvalue weighted by Crippen LogP contribution is 2.36. The number of hydrogen-bond donors (Lipinski definition) is 1. The summed E-state index contributed by atoms with van der Waals surface area (Å²) in [5, 5.41) is 0. The van der Waals surface area contributed by atoms with Gasteiger partial charge in [-0.25, -0.2) is 0 Å². The molecule has 2 rings (SSSR count). The van der Waals surface area contributed by atoms with Gasteiger partial charge in [0.2, 0.25) is 0 Å². The highest BCUT2D eigenvalue weighted by Gasteiger charge is 2.42. The van der Waals surface area contributed by atoms with E-state index in [1.807, 2.05) is 11.8 Å². The minimum atomic E-state index is 0.0128. The monoisotopic (exact) mass is 231 g/mol. The van der Waals surface area contributed by atoms with Gasteiger partial charge in [0.1, 0.15) is 0 Å². The molecule has 2 aliphatic rings. The average molecular weight is 231 g/mol. The van der Waals surface area contributed by atoms with Gasteiger partial charge in [0.15, 0.2) is 0 Å². The summed E-state index contributed by atoms with van der Waals surface area (Å²) in [4.78, 5) is 0. The lowest BCUT2D eigenvalue weighted by Gasteiger charge is -2.39. The van der Waals surface area contributed by atoms with Crippen molar-refractivity contribution in [1.82, 2.24) is 0 Å². The lowest BCUT2D eigenvalue weighted by atomic mass is 9.82. The van der Waals surface area contributed by atoms with E-state index in [9.17, 15) is 0 Å². The topological polar surface area (TPSA) is 44.5 Å². The third kappa shape index (κ3) is 2.67. The Morgan fingerprint density at radius 3 is 3.07 bits per heavy atom. The van der Waals surface area contributed by atoms with E-state index in [1.54, 1.807) is 0 Å². The molecule has 15 heavy (non-hydrogen) atoms. The molecule has 4 heteroatoms. The summed E-state index contributed by atoms with van der Waals surface area (Å²) in [5.74, 6) is 1.68. The molecule has 3 atom stereocenters. The fraction of sp³-hybridized carbons (Fsp3) is 1.00. The number of ether oxygens (including phenoxy) is 2. The number of hydrogen-bond acceptors (Lipinski definition) is 4. The van der Waals surface area contributed by atoms with Crippen LogP contribution >= 0.6 is 11.8 Å². The minimum Gasteiger partial charge on any atom is -0.378 e. The van der Waals surface area contributed by atoms with Crippen LogP contribution in [0.15, 0.2) is 0 Å². The van der Waals surface area contributed by atoms with Gasteiger partial charge in [-0.15, -0.1) is 0 Å². The van der Waals surface area contributed by atoms with Gasteiger partial charge >= 0.3 is 0 Å². The van der Waals surface area contributed by atoms with Gasteiger partial charge in [-0.1, -0.05) is 0 Å². The summed E-state index contributed by atoms with van der Waals surface area (Å²) in [5.41, 5.74) is 6.21. The van der Waals surface area contributed by atoms with E-state index < -0.39 is 0 Å². The largest absolute Gasteiger partial charge is 0.378 e. The van der Waals surface area contributed by atoms with Crippen LogP contribution in [-0.4, -0.2) is 43.5 Å². The molecule has 2 fully saturated rings. The maximum Gasteiger partial charge on any atom is 0.0939 e. The zero-order chi connectivity index (χ0) is 10.7. The third-order valence-corrected chi connectivity index (χ3v) is 4.28. The molecule has 0 aromatic carbocycles. The molecule has 0 bridgehead atoms. The lowest BCUT2D eigenvalue weighted by molar-refractivity contribution is -0.100. The quantitative estimate of drug-likeness (QED) is 0.794. The van der Waals surface area contributed by atoms with Crippen LogP contribution < -0.4 is 5.73 Å². The Morgan fingerprint density at radius 2 is 2.40 bits per heavy atom. The summed E-state index contributed by atoms with van der Waals surface area (Å²) in [6.07, 6.45) is 5.38. The van der Waals surface area contributed by atoms with Crippen LogP contribution in [0.5, 0.6) is 0 Å². The fourth-order valence-corrected chi connectivity index (χ4v) is 3.28. The standard InChI is InChI=1S/C11H21NO2S/c1-15-7-10(12)9-2-4-14-11(6-9)3-5-13-8-11/h9-10H,2-8,12H2,1H3. The highest BCUT2D eigenvalue weighted by molar-refractivity contribution is 7.98. The fourth-order valence-electron chi connectivity index (χ4n) is 2.62. The molecule has 0 saturated carbocycles. The predicted molar refractivity (Wildman–Crippen MR) is 63.2 cm³/mol. The summed E-state index contributed by atoms with van der Waals surface area (Å²) in [7, 11) is 0. The SMILES string of the molecule is CSCC(N)C1CCOC2(CCOC2)C1. The Balaban J connectivity index is 1.91. The normalized spacial score (nSPS) is 38.4. The Bertz CT molecular complexity index is 207. The first kappa shape index (κ1) is 11.7. The van der Waals surface area contributed by atoms with E-state index >= 15 is 0 Å². The van der Waals surface area contributed by atoms with Gasteiger partial charge in [0.25, 0.3) is 0 Å². The van der Waals surface area contributed by atoms with E-state index in [-0.39, 0.29) is 5.60 Å². The first-order valence-electron chi connectivity index (χ1n) is 5.72.